The maximum atomic E-state index is 5.12. The first-order chi connectivity index (χ1) is 5.24. The highest BCUT2D eigenvalue weighted by Gasteiger charge is 2.43. The lowest BCUT2D eigenvalue weighted by Gasteiger charge is -2.20. The fourth-order valence-electron chi connectivity index (χ4n) is 0.546. The van der Waals surface area contributed by atoms with Gasteiger partial charge in [0.1, 0.15) is 0 Å². The Labute approximate surface area is 68.2 Å². The SMILES string of the molecule is C/C=C/O[Si](OC)(OC)OC. The van der Waals surface area contributed by atoms with Gasteiger partial charge in [0.2, 0.25) is 0 Å². The van der Waals surface area contributed by atoms with Crippen LogP contribution in [0.3, 0.4) is 0 Å². The van der Waals surface area contributed by atoms with Crippen molar-refractivity contribution in [3.8, 4) is 0 Å². The quantitative estimate of drug-likeness (QED) is 0.463. The van der Waals surface area contributed by atoms with Crippen LogP contribution >= 0.6 is 0 Å². The lowest BCUT2D eigenvalue weighted by molar-refractivity contribution is 0.0349. The molecule has 0 bridgehead atoms. The monoisotopic (exact) mass is 178 g/mol. The minimum atomic E-state index is -2.83. The summed E-state index contributed by atoms with van der Waals surface area (Å²) in [5, 5.41) is 0. The Morgan fingerprint density at radius 1 is 1.00 bits per heavy atom. The zero-order valence-corrected chi connectivity index (χ0v) is 8.29. The first-order valence-electron chi connectivity index (χ1n) is 3.19. The van der Waals surface area contributed by atoms with E-state index in [1.165, 1.54) is 27.6 Å². The first kappa shape index (κ1) is 10.6. The van der Waals surface area contributed by atoms with E-state index in [-0.39, 0.29) is 0 Å². The van der Waals surface area contributed by atoms with Crippen LogP contribution in [-0.2, 0) is 17.7 Å². The van der Waals surface area contributed by atoms with E-state index in [2.05, 4.69) is 0 Å². The molecule has 0 fully saturated rings. The molecule has 0 radical (unpaired) electrons. The predicted octanol–water partition coefficient (Wildman–Crippen LogP) is 0.911. The normalized spacial score (nSPS) is 12.4. The maximum Gasteiger partial charge on any atom is 0.748 e. The summed E-state index contributed by atoms with van der Waals surface area (Å²) < 4.78 is 20.0. The van der Waals surface area contributed by atoms with Crippen LogP contribution < -0.4 is 0 Å². The van der Waals surface area contributed by atoms with Gasteiger partial charge in [0, 0.05) is 21.3 Å². The van der Waals surface area contributed by atoms with Gasteiger partial charge >= 0.3 is 9.05 Å². The lowest BCUT2D eigenvalue weighted by Crippen LogP contribution is -2.44. The van der Waals surface area contributed by atoms with E-state index in [0.717, 1.165) is 0 Å². The zero-order valence-electron chi connectivity index (χ0n) is 7.29. The molecule has 0 saturated carbocycles. The maximum absolute atomic E-state index is 5.12. The van der Waals surface area contributed by atoms with Crippen LogP contribution in [0.15, 0.2) is 12.3 Å². The Hall–Kier alpha value is -0.363. The van der Waals surface area contributed by atoms with Crippen LogP contribution in [0.5, 0.6) is 0 Å². The minimum absolute atomic E-state index is 1.49. The molecule has 0 N–H and O–H groups in total. The summed E-state index contributed by atoms with van der Waals surface area (Å²) >= 11 is 0. The molecule has 0 aliphatic carbocycles. The molecule has 0 unspecified atom stereocenters. The van der Waals surface area contributed by atoms with E-state index in [9.17, 15) is 0 Å². The van der Waals surface area contributed by atoms with Crippen LogP contribution in [0.2, 0.25) is 0 Å². The molecular formula is C6H14O4Si. The van der Waals surface area contributed by atoms with E-state index in [4.69, 9.17) is 17.7 Å². The van der Waals surface area contributed by atoms with Gasteiger partial charge in [-0.05, 0) is 6.92 Å². The van der Waals surface area contributed by atoms with E-state index in [0.29, 0.717) is 0 Å². The molecule has 0 saturated heterocycles. The second-order valence-corrected chi connectivity index (χ2v) is 4.16. The Bertz CT molecular complexity index is 113. The van der Waals surface area contributed by atoms with Crippen LogP contribution in [0.1, 0.15) is 6.92 Å². The first-order valence-corrected chi connectivity index (χ1v) is 4.82. The van der Waals surface area contributed by atoms with Gasteiger partial charge in [0.15, 0.2) is 0 Å². The van der Waals surface area contributed by atoms with E-state index in [1.807, 2.05) is 6.92 Å². The Balaban J connectivity index is 4.04. The minimum Gasteiger partial charge on any atom is -0.487 e. The summed E-state index contributed by atoms with van der Waals surface area (Å²) in [5.74, 6) is 0. The molecule has 0 aromatic rings. The Kier molecular flexibility index (Phi) is 5.13. The van der Waals surface area contributed by atoms with Gasteiger partial charge in [-0.1, -0.05) is 6.08 Å². The molecule has 5 heteroatoms. The van der Waals surface area contributed by atoms with Crippen molar-refractivity contribution in [1.82, 2.24) is 0 Å². The van der Waals surface area contributed by atoms with Crippen molar-refractivity contribution in [2.24, 2.45) is 0 Å². The second-order valence-electron chi connectivity index (χ2n) is 1.70. The van der Waals surface area contributed by atoms with Gasteiger partial charge in [-0.3, -0.25) is 0 Å². The highest BCUT2D eigenvalue weighted by atomic mass is 28.4. The van der Waals surface area contributed by atoms with Crippen LogP contribution in [0, 0.1) is 0 Å². The van der Waals surface area contributed by atoms with Crippen LogP contribution in [0.4, 0.5) is 0 Å². The fourth-order valence-corrected chi connectivity index (χ4v) is 1.64. The molecule has 0 aromatic carbocycles. The van der Waals surface area contributed by atoms with E-state index < -0.39 is 9.05 Å². The van der Waals surface area contributed by atoms with Crippen molar-refractivity contribution in [3.63, 3.8) is 0 Å². The van der Waals surface area contributed by atoms with Gasteiger partial charge in [0.05, 0.1) is 6.26 Å². The number of allylic oxidation sites excluding steroid dienone is 1. The molecule has 66 valence electrons. The largest absolute Gasteiger partial charge is 0.748 e. The standard InChI is InChI=1S/C6H14O4Si/c1-5-6-10-11(7-2,8-3)9-4/h5-6H,1-4H3/b6-5+. The number of hydrogen-bond acceptors (Lipinski definition) is 4. The molecule has 0 rings (SSSR count). The van der Waals surface area contributed by atoms with Gasteiger partial charge in [0.25, 0.3) is 0 Å². The topological polar surface area (TPSA) is 36.9 Å². The third-order valence-electron chi connectivity index (χ3n) is 1.10. The summed E-state index contributed by atoms with van der Waals surface area (Å²) in [6, 6.07) is 0. The van der Waals surface area contributed by atoms with Crippen molar-refractivity contribution in [2.45, 2.75) is 6.92 Å². The van der Waals surface area contributed by atoms with Crippen LogP contribution in [0.25, 0.3) is 0 Å². The summed E-state index contributed by atoms with van der Waals surface area (Å²) in [6.07, 6.45) is 3.22. The van der Waals surface area contributed by atoms with E-state index in [1.54, 1.807) is 6.08 Å². The second kappa shape index (κ2) is 5.31. The van der Waals surface area contributed by atoms with Gasteiger partial charge in [-0.15, -0.1) is 0 Å². The smallest absolute Gasteiger partial charge is 0.487 e. The summed E-state index contributed by atoms with van der Waals surface area (Å²) in [6.45, 7) is 1.83. The Morgan fingerprint density at radius 3 is 1.73 bits per heavy atom. The van der Waals surface area contributed by atoms with Crippen molar-refractivity contribution in [2.75, 3.05) is 21.3 Å². The molecule has 0 aliphatic rings. The van der Waals surface area contributed by atoms with Crippen molar-refractivity contribution < 1.29 is 17.7 Å². The number of rotatable bonds is 5. The zero-order chi connectivity index (χ0) is 8.74. The molecule has 0 atom stereocenters. The van der Waals surface area contributed by atoms with E-state index >= 15 is 0 Å². The highest BCUT2D eigenvalue weighted by molar-refractivity contribution is 6.53. The molecule has 0 heterocycles. The van der Waals surface area contributed by atoms with Crippen molar-refractivity contribution in [3.05, 3.63) is 12.3 Å². The van der Waals surface area contributed by atoms with Gasteiger partial charge < -0.3 is 17.7 Å². The fraction of sp³-hybridized carbons (Fsp3) is 0.667. The van der Waals surface area contributed by atoms with Crippen molar-refractivity contribution >= 4 is 9.05 Å². The molecule has 11 heavy (non-hydrogen) atoms. The molecular weight excluding hydrogens is 164 g/mol. The van der Waals surface area contributed by atoms with Gasteiger partial charge in [-0.2, -0.15) is 0 Å². The summed E-state index contributed by atoms with van der Waals surface area (Å²) in [7, 11) is 1.64. The molecule has 0 aliphatic heterocycles. The lowest BCUT2D eigenvalue weighted by atomic mass is 10.8. The molecule has 0 spiro atoms. The van der Waals surface area contributed by atoms with Gasteiger partial charge in [-0.25, -0.2) is 0 Å². The van der Waals surface area contributed by atoms with Crippen LogP contribution in [-0.4, -0.2) is 30.4 Å². The molecule has 4 nitrogen and oxygen atoms in total. The third-order valence-corrected chi connectivity index (χ3v) is 3.02. The Morgan fingerprint density at radius 2 is 1.45 bits per heavy atom. The molecule has 0 amide bonds. The summed E-state index contributed by atoms with van der Waals surface area (Å²) in [4.78, 5) is 0. The number of hydrogen-bond donors (Lipinski definition) is 0. The average Bonchev–Trinajstić information content (AvgIpc) is 2.08. The van der Waals surface area contributed by atoms with Crippen molar-refractivity contribution in [1.29, 1.82) is 0 Å². The molecule has 0 aromatic heterocycles. The summed E-state index contributed by atoms with van der Waals surface area (Å²) in [5.41, 5.74) is 0. The highest BCUT2D eigenvalue weighted by Crippen LogP contribution is 2.07. The third kappa shape index (κ3) is 3.02. The average molecular weight is 178 g/mol. The predicted molar refractivity (Wildman–Crippen MR) is 42.7 cm³/mol.